The van der Waals surface area contributed by atoms with E-state index in [1.165, 1.54) is 12.1 Å². The van der Waals surface area contributed by atoms with Crippen LogP contribution < -0.4 is 10.2 Å². The molecule has 1 aromatic carbocycles. The number of carbonyl (C=O) groups excluding carboxylic acids is 1. The molecule has 1 amide bonds. The largest absolute Gasteiger partial charge is 0.374 e. The third-order valence-corrected chi connectivity index (χ3v) is 3.33. The first-order valence-electron chi connectivity index (χ1n) is 6.08. The summed E-state index contributed by atoms with van der Waals surface area (Å²) in [7, 11) is 1.54. The molecule has 2 N–H and O–H groups in total. The van der Waals surface area contributed by atoms with Gasteiger partial charge in [-0.15, -0.1) is 0 Å². The highest BCUT2D eigenvalue weighted by Crippen LogP contribution is 2.33. The van der Waals surface area contributed by atoms with E-state index in [1.54, 1.807) is 11.9 Å². The van der Waals surface area contributed by atoms with Crippen molar-refractivity contribution in [1.29, 1.82) is 0 Å². The molecule has 1 saturated heterocycles. The van der Waals surface area contributed by atoms with Crippen LogP contribution in [0, 0.1) is 5.82 Å². The second kappa shape index (κ2) is 4.94. The maximum absolute atomic E-state index is 13.9. The SMILES string of the molecule is CCc1c(C(=O)NC)ccc(F)c1N1CCC1O. The van der Waals surface area contributed by atoms with Crippen LogP contribution in [0.4, 0.5) is 10.1 Å². The number of aliphatic hydroxyl groups excluding tert-OH is 1. The Hall–Kier alpha value is -1.62. The minimum Gasteiger partial charge on any atom is -0.374 e. The van der Waals surface area contributed by atoms with Gasteiger partial charge >= 0.3 is 0 Å². The van der Waals surface area contributed by atoms with Crippen LogP contribution >= 0.6 is 0 Å². The van der Waals surface area contributed by atoms with Gasteiger partial charge in [-0.3, -0.25) is 4.79 Å². The van der Waals surface area contributed by atoms with Crippen molar-refractivity contribution in [3.8, 4) is 0 Å². The molecule has 5 heteroatoms. The monoisotopic (exact) mass is 252 g/mol. The van der Waals surface area contributed by atoms with Crippen molar-refractivity contribution >= 4 is 11.6 Å². The fourth-order valence-corrected chi connectivity index (χ4v) is 2.26. The molecule has 1 aromatic rings. The normalized spacial score (nSPS) is 18.4. The van der Waals surface area contributed by atoms with Crippen molar-refractivity contribution in [3.63, 3.8) is 0 Å². The number of nitrogens with zero attached hydrogens (tertiary/aromatic N) is 1. The number of amides is 1. The zero-order valence-electron chi connectivity index (χ0n) is 10.5. The van der Waals surface area contributed by atoms with E-state index in [2.05, 4.69) is 5.32 Å². The molecule has 1 fully saturated rings. The quantitative estimate of drug-likeness (QED) is 0.852. The van der Waals surface area contributed by atoms with Crippen LogP contribution in [0.1, 0.15) is 29.3 Å². The van der Waals surface area contributed by atoms with Crippen LogP contribution in [0.15, 0.2) is 12.1 Å². The van der Waals surface area contributed by atoms with E-state index in [0.29, 0.717) is 36.2 Å². The Morgan fingerprint density at radius 2 is 2.33 bits per heavy atom. The van der Waals surface area contributed by atoms with Gasteiger partial charge in [-0.2, -0.15) is 0 Å². The summed E-state index contributed by atoms with van der Waals surface area (Å²) < 4.78 is 13.9. The molecule has 1 atom stereocenters. The summed E-state index contributed by atoms with van der Waals surface area (Å²) in [5, 5.41) is 12.2. The number of carbonyl (C=O) groups is 1. The molecule has 1 unspecified atom stereocenters. The molecule has 0 spiro atoms. The average molecular weight is 252 g/mol. The third kappa shape index (κ3) is 1.95. The molecular weight excluding hydrogens is 235 g/mol. The summed E-state index contributed by atoms with van der Waals surface area (Å²) in [5.41, 5.74) is 1.47. The van der Waals surface area contributed by atoms with Crippen LogP contribution in [-0.2, 0) is 6.42 Å². The number of hydrogen-bond donors (Lipinski definition) is 2. The summed E-state index contributed by atoms with van der Waals surface area (Å²) in [4.78, 5) is 13.4. The fourth-order valence-electron chi connectivity index (χ4n) is 2.26. The van der Waals surface area contributed by atoms with E-state index in [1.807, 2.05) is 6.92 Å². The molecule has 2 rings (SSSR count). The average Bonchev–Trinajstić information content (AvgIpc) is 2.38. The zero-order valence-corrected chi connectivity index (χ0v) is 10.5. The molecule has 0 bridgehead atoms. The Kier molecular flexibility index (Phi) is 3.52. The number of anilines is 1. The molecule has 4 nitrogen and oxygen atoms in total. The number of aliphatic hydroxyl groups is 1. The Balaban J connectivity index is 2.52. The number of halogens is 1. The van der Waals surface area contributed by atoms with Crippen molar-refractivity contribution in [3.05, 3.63) is 29.1 Å². The Labute approximate surface area is 105 Å². The highest BCUT2D eigenvalue weighted by molar-refractivity contribution is 5.97. The van der Waals surface area contributed by atoms with Gasteiger partial charge < -0.3 is 15.3 Å². The summed E-state index contributed by atoms with van der Waals surface area (Å²) in [6.07, 6.45) is 0.524. The van der Waals surface area contributed by atoms with Crippen LogP contribution in [0.25, 0.3) is 0 Å². The lowest BCUT2D eigenvalue weighted by Crippen LogP contribution is -2.48. The number of hydrogen-bond acceptors (Lipinski definition) is 3. The third-order valence-electron chi connectivity index (χ3n) is 3.33. The van der Waals surface area contributed by atoms with Gasteiger partial charge in [0.25, 0.3) is 5.91 Å². The highest BCUT2D eigenvalue weighted by Gasteiger charge is 2.31. The van der Waals surface area contributed by atoms with Gasteiger partial charge in [-0.1, -0.05) is 6.92 Å². The minimum atomic E-state index is -0.648. The first kappa shape index (κ1) is 12.8. The van der Waals surface area contributed by atoms with Crippen molar-refractivity contribution in [2.24, 2.45) is 0 Å². The Morgan fingerprint density at radius 1 is 1.61 bits per heavy atom. The molecule has 0 saturated carbocycles. The number of rotatable bonds is 3. The highest BCUT2D eigenvalue weighted by atomic mass is 19.1. The van der Waals surface area contributed by atoms with Crippen molar-refractivity contribution < 1.29 is 14.3 Å². The van der Waals surface area contributed by atoms with E-state index < -0.39 is 12.0 Å². The first-order valence-corrected chi connectivity index (χ1v) is 6.08. The maximum Gasteiger partial charge on any atom is 0.251 e. The van der Waals surface area contributed by atoms with Crippen LogP contribution in [0.5, 0.6) is 0 Å². The van der Waals surface area contributed by atoms with Gasteiger partial charge in [-0.05, 0) is 24.1 Å². The van der Waals surface area contributed by atoms with Crippen LogP contribution in [0.3, 0.4) is 0 Å². The maximum atomic E-state index is 13.9. The summed E-state index contributed by atoms with van der Waals surface area (Å²) in [6, 6.07) is 2.77. The Morgan fingerprint density at radius 3 is 2.78 bits per heavy atom. The second-order valence-electron chi connectivity index (χ2n) is 4.32. The first-order chi connectivity index (χ1) is 8.60. The van der Waals surface area contributed by atoms with E-state index in [-0.39, 0.29) is 5.91 Å². The van der Waals surface area contributed by atoms with Crippen molar-refractivity contribution in [2.75, 3.05) is 18.5 Å². The van der Waals surface area contributed by atoms with Gasteiger partial charge in [0.05, 0.1) is 5.69 Å². The molecule has 0 radical (unpaired) electrons. The molecule has 1 aliphatic rings. The zero-order chi connectivity index (χ0) is 13.3. The van der Waals surface area contributed by atoms with Gasteiger partial charge in [-0.25, -0.2) is 4.39 Å². The number of benzene rings is 1. The molecule has 1 heterocycles. The van der Waals surface area contributed by atoms with Crippen molar-refractivity contribution in [1.82, 2.24) is 5.32 Å². The van der Waals surface area contributed by atoms with Crippen LogP contribution in [0.2, 0.25) is 0 Å². The minimum absolute atomic E-state index is 0.233. The summed E-state index contributed by atoms with van der Waals surface area (Å²) in [5.74, 6) is -0.624. The lowest BCUT2D eigenvalue weighted by Gasteiger charge is -2.40. The lowest BCUT2D eigenvalue weighted by atomic mass is 9.98. The van der Waals surface area contributed by atoms with Gasteiger partial charge in [0.1, 0.15) is 12.0 Å². The van der Waals surface area contributed by atoms with Gasteiger partial charge in [0.15, 0.2) is 0 Å². The molecule has 0 aliphatic carbocycles. The summed E-state index contributed by atoms with van der Waals surface area (Å²) >= 11 is 0. The van der Waals surface area contributed by atoms with E-state index >= 15 is 0 Å². The molecule has 0 aromatic heterocycles. The summed E-state index contributed by atoms with van der Waals surface area (Å²) in [6.45, 7) is 2.49. The van der Waals surface area contributed by atoms with Crippen LogP contribution in [-0.4, -0.2) is 30.8 Å². The predicted molar refractivity (Wildman–Crippen MR) is 67.1 cm³/mol. The predicted octanol–water partition coefficient (Wildman–Crippen LogP) is 1.28. The van der Waals surface area contributed by atoms with Gasteiger partial charge in [0, 0.05) is 25.6 Å². The fraction of sp³-hybridized carbons (Fsp3) is 0.462. The standard InChI is InChI=1S/C13H17FN2O2/c1-3-8-9(13(18)15-2)4-5-10(14)12(8)16-7-6-11(16)17/h4-5,11,17H,3,6-7H2,1-2H3,(H,15,18). The van der Waals surface area contributed by atoms with E-state index in [4.69, 9.17) is 0 Å². The molecule has 18 heavy (non-hydrogen) atoms. The van der Waals surface area contributed by atoms with Gasteiger partial charge in [0.2, 0.25) is 0 Å². The number of nitrogens with one attached hydrogen (secondary N) is 1. The topological polar surface area (TPSA) is 52.6 Å². The van der Waals surface area contributed by atoms with Crippen molar-refractivity contribution in [2.45, 2.75) is 26.0 Å². The molecular formula is C13H17FN2O2. The molecule has 98 valence electrons. The van der Waals surface area contributed by atoms with E-state index in [9.17, 15) is 14.3 Å². The Bertz CT molecular complexity index is 476. The van der Waals surface area contributed by atoms with E-state index in [0.717, 1.165) is 0 Å². The lowest BCUT2D eigenvalue weighted by molar-refractivity contribution is 0.0960. The smallest absolute Gasteiger partial charge is 0.251 e. The molecule has 1 aliphatic heterocycles. The second-order valence-corrected chi connectivity index (χ2v) is 4.32.